The van der Waals surface area contributed by atoms with E-state index < -0.39 is 0 Å². The van der Waals surface area contributed by atoms with Gasteiger partial charge in [0.2, 0.25) is 0 Å². The maximum absolute atomic E-state index is 11.9. The molecule has 96 valence electrons. The maximum atomic E-state index is 11.9. The Balaban J connectivity index is 2.55. The zero-order valence-electron chi connectivity index (χ0n) is 10.7. The molecule has 0 amide bonds. The van der Waals surface area contributed by atoms with Crippen LogP contribution in [0, 0.1) is 6.92 Å². The van der Waals surface area contributed by atoms with Gasteiger partial charge in [-0.1, -0.05) is 5.16 Å². The van der Waals surface area contributed by atoms with E-state index in [4.69, 9.17) is 9.94 Å². The molecule has 1 N–H and O–H groups in total. The van der Waals surface area contributed by atoms with E-state index in [2.05, 4.69) is 5.16 Å². The van der Waals surface area contributed by atoms with Gasteiger partial charge >= 0.3 is 5.97 Å². The van der Waals surface area contributed by atoms with Gasteiger partial charge < -0.3 is 9.94 Å². The number of hydrogen-bond acceptors (Lipinski definition) is 4. The van der Waals surface area contributed by atoms with Crippen LogP contribution in [-0.2, 0) is 11.2 Å². The molecular weight excluding hydrogens is 230 g/mol. The van der Waals surface area contributed by atoms with E-state index in [0.717, 1.165) is 36.0 Å². The number of hydrogen-bond donors (Lipinski definition) is 1. The summed E-state index contributed by atoms with van der Waals surface area (Å²) in [4.78, 5) is 11.9. The third-order valence-corrected chi connectivity index (χ3v) is 3.16. The monoisotopic (exact) mass is 247 g/mol. The smallest absolute Gasteiger partial charge is 0.338 e. The number of carbonyl (C=O) groups excluding carboxylic acids is 1. The van der Waals surface area contributed by atoms with Gasteiger partial charge in [-0.05, 0) is 56.4 Å². The van der Waals surface area contributed by atoms with Gasteiger partial charge in [-0.3, -0.25) is 0 Å². The highest BCUT2D eigenvalue weighted by Crippen LogP contribution is 2.27. The zero-order valence-corrected chi connectivity index (χ0v) is 10.7. The minimum atomic E-state index is -0.295. The normalized spacial score (nSPS) is 16.4. The van der Waals surface area contributed by atoms with Crippen molar-refractivity contribution in [2.75, 3.05) is 6.61 Å². The second-order valence-corrected chi connectivity index (χ2v) is 4.46. The van der Waals surface area contributed by atoms with Crippen LogP contribution in [0.4, 0.5) is 0 Å². The van der Waals surface area contributed by atoms with Crippen molar-refractivity contribution in [3.63, 3.8) is 0 Å². The highest BCUT2D eigenvalue weighted by Gasteiger charge is 2.23. The van der Waals surface area contributed by atoms with Crippen LogP contribution in [-0.4, -0.2) is 23.5 Å². The summed E-state index contributed by atoms with van der Waals surface area (Å²) in [7, 11) is 0. The summed E-state index contributed by atoms with van der Waals surface area (Å²) >= 11 is 0. The lowest BCUT2D eigenvalue weighted by Gasteiger charge is -2.20. The predicted octanol–water partition coefficient (Wildman–Crippen LogP) is 2.69. The highest BCUT2D eigenvalue weighted by atomic mass is 16.5. The lowest BCUT2D eigenvalue weighted by molar-refractivity contribution is 0.0525. The van der Waals surface area contributed by atoms with Gasteiger partial charge in [0.1, 0.15) is 0 Å². The number of aryl methyl sites for hydroxylation is 1. The largest absolute Gasteiger partial charge is 0.462 e. The van der Waals surface area contributed by atoms with Crippen LogP contribution in [0.1, 0.15) is 46.8 Å². The lowest BCUT2D eigenvalue weighted by atomic mass is 9.85. The first kappa shape index (κ1) is 12.6. The number of ether oxygens (including phenoxy) is 1. The molecule has 1 aliphatic rings. The zero-order chi connectivity index (χ0) is 13.1. The SMILES string of the molecule is CCOC(=O)c1cc(C)cc2c1CCCC2=NO. The van der Waals surface area contributed by atoms with Crippen molar-refractivity contribution < 1.29 is 14.7 Å². The van der Waals surface area contributed by atoms with Gasteiger partial charge in [-0.25, -0.2) is 4.79 Å². The van der Waals surface area contributed by atoms with Crippen molar-refractivity contribution in [2.24, 2.45) is 5.16 Å². The first-order chi connectivity index (χ1) is 8.67. The third kappa shape index (κ3) is 2.23. The van der Waals surface area contributed by atoms with Crippen LogP contribution in [0.5, 0.6) is 0 Å². The lowest BCUT2D eigenvalue weighted by Crippen LogP contribution is -2.18. The van der Waals surface area contributed by atoms with Crippen LogP contribution >= 0.6 is 0 Å². The van der Waals surface area contributed by atoms with Crippen molar-refractivity contribution in [2.45, 2.75) is 33.1 Å². The van der Waals surface area contributed by atoms with Crippen molar-refractivity contribution in [1.29, 1.82) is 0 Å². The highest BCUT2D eigenvalue weighted by molar-refractivity contribution is 6.05. The average molecular weight is 247 g/mol. The Morgan fingerprint density at radius 3 is 2.89 bits per heavy atom. The molecule has 4 heteroatoms. The van der Waals surface area contributed by atoms with Gasteiger partial charge in [-0.2, -0.15) is 0 Å². The number of fused-ring (bicyclic) bond motifs is 1. The Kier molecular flexibility index (Phi) is 3.65. The number of esters is 1. The number of rotatable bonds is 2. The first-order valence-electron chi connectivity index (χ1n) is 6.19. The quantitative estimate of drug-likeness (QED) is 0.496. The first-order valence-corrected chi connectivity index (χ1v) is 6.19. The molecule has 1 aromatic rings. The molecule has 0 spiro atoms. The summed E-state index contributed by atoms with van der Waals surface area (Å²) in [6, 6.07) is 3.81. The minimum absolute atomic E-state index is 0.295. The van der Waals surface area contributed by atoms with Crippen LogP contribution in [0.15, 0.2) is 17.3 Å². The van der Waals surface area contributed by atoms with E-state index in [-0.39, 0.29) is 5.97 Å². The second-order valence-electron chi connectivity index (χ2n) is 4.46. The topological polar surface area (TPSA) is 58.9 Å². The summed E-state index contributed by atoms with van der Waals surface area (Å²) in [5.41, 5.74) is 4.06. The fourth-order valence-electron chi connectivity index (χ4n) is 2.41. The second kappa shape index (κ2) is 5.21. The molecule has 0 atom stereocenters. The third-order valence-electron chi connectivity index (χ3n) is 3.16. The standard InChI is InChI=1S/C14H17NO3/c1-3-18-14(16)12-8-9(2)7-11-10(12)5-4-6-13(11)15-17/h7-8,17H,3-6H2,1-2H3. The minimum Gasteiger partial charge on any atom is -0.462 e. The van der Waals surface area contributed by atoms with E-state index in [9.17, 15) is 4.79 Å². The summed E-state index contributed by atoms with van der Waals surface area (Å²) < 4.78 is 5.08. The Morgan fingerprint density at radius 2 is 2.22 bits per heavy atom. The number of benzene rings is 1. The molecule has 1 aromatic carbocycles. The summed E-state index contributed by atoms with van der Waals surface area (Å²) in [6.45, 7) is 4.08. The van der Waals surface area contributed by atoms with Crippen LogP contribution in [0.25, 0.3) is 0 Å². The molecular formula is C14H17NO3. The fourth-order valence-corrected chi connectivity index (χ4v) is 2.41. The molecule has 4 nitrogen and oxygen atoms in total. The van der Waals surface area contributed by atoms with Gasteiger partial charge in [0.05, 0.1) is 17.9 Å². The van der Waals surface area contributed by atoms with Crippen molar-refractivity contribution in [3.8, 4) is 0 Å². The predicted molar refractivity (Wildman–Crippen MR) is 68.4 cm³/mol. The van der Waals surface area contributed by atoms with Gasteiger partial charge in [-0.15, -0.1) is 0 Å². The Morgan fingerprint density at radius 1 is 1.44 bits per heavy atom. The van der Waals surface area contributed by atoms with Gasteiger partial charge in [0.15, 0.2) is 0 Å². The molecule has 0 heterocycles. The van der Waals surface area contributed by atoms with E-state index in [1.165, 1.54) is 0 Å². The fraction of sp³-hybridized carbons (Fsp3) is 0.429. The molecule has 18 heavy (non-hydrogen) atoms. The van der Waals surface area contributed by atoms with Crippen LogP contribution in [0.3, 0.4) is 0 Å². The van der Waals surface area contributed by atoms with Crippen LogP contribution < -0.4 is 0 Å². The molecule has 0 aliphatic heterocycles. The van der Waals surface area contributed by atoms with E-state index in [0.29, 0.717) is 17.9 Å². The number of carbonyl (C=O) groups is 1. The Hall–Kier alpha value is -1.84. The summed E-state index contributed by atoms with van der Waals surface area (Å²) in [5.74, 6) is -0.295. The van der Waals surface area contributed by atoms with Crippen molar-refractivity contribution >= 4 is 11.7 Å². The molecule has 1 aliphatic carbocycles. The van der Waals surface area contributed by atoms with Crippen molar-refractivity contribution in [3.05, 3.63) is 34.4 Å². The Bertz CT molecular complexity index is 506. The summed E-state index contributed by atoms with van der Waals surface area (Å²) in [6.07, 6.45) is 2.46. The summed E-state index contributed by atoms with van der Waals surface area (Å²) in [5, 5.41) is 12.4. The van der Waals surface area contributed by atoms with Crippen molar-refractivity contribution in [1.82, 2.24) is 0 Å². The molecule has 0 radical (unpaired) electrons. The van der Waals surface area contributed by atoms with E-state index >= 15 is 0 Å². The van der Waals surface area contributed by atoms with Gasteiger partial charge in [0.25, 0.3) is 0 Å². The number of oxime groups is 1. The van der Waals surface area contributed by atoms with E-state index in [1.54, 1.807) is 6.92 Å². The maximum Gasteiger partial charge on any atom is 0.338 e. The van der Waals surface area contributed by atoms with Crippen LogP contribution in [0.2, 0.25) is 0 Å². The van der Waals surface area contributed by atoms with Gasteiger partial charge in [0, 0.05) is 5.56 Å². The Labute approximate surface area is 106 Å². The molecule has 0 unspecified atom stereocenters. The molecule has 0 fully saturated rings. The van der Waals surface area contributed by atoms with E-state index in [1.807, 2.05) is 19.1 Å². The molecule has 2 rings (SSSR count). The molecule has 0 saturated heterocycles. The molecule has 0 saturated carbocycles. The number of nitrogens with zero attached hydrogens (tertiary/aromatic N) is 1. The molecule has 0 aromatic heterocycles. The molecule has 0 bridgehead atoms. The average Bonchev–Trinajstić information content (AvgIpc) is 2.37.